The standard InChI is InChI=1S/C22H20O6/c1-25-13-9-5-7-11-15(13)17-12-8-6-10-14(26-2)16(12)18(11)20(22(24)28-4)19(17)21(23)27-3/h5-10,17-18H,1-4H3/t17-,18-/m1/s1. The van der Waals surface area contributed by atoms with E-state index in [9.17, 15) is 9.59 Å². The lowest BCUT2D eigenvalue weighted by atomic mass is 9.60. The average Bonchev–Trinajstić information content (AvgIpc) is 2.76. The van der Waals surface area contributed by atoms with Crippen molar-refractivity contribution in [2.24, 2.45) is 0 Å². The van der Waals surface area contributed by atoms with Gasteiger partial charge in [0.2, 0.25) is 0 Å². The summed E-state index contributed by atoms with van der Waals surface area (Å²) >= 11 is 0. The molecular formula is C22H20O6. The van der Waals surface area contributed by atoms with Crippen LogP contribution in [0, 0.1) is 0 Å². The lowest BCUT2D eigenvalue weighted by Crippen LogP contribution is -2.35. The highest BCUT2D eigenvalue weighted by Gasteiger charge is 2.50. The predicted octanol–water partition coefficient (Wildman–Crippen LogP) is 2.94. The van der Waals surface area contributed by atoms with Crippen molar-refractivity contribution in [1.82, 2.24) is 0 Å². The molecule has 6 heteroatoms. The molecule has 3 aliphatic carbocycles. The summed E-state index contributed by atoms with van der Waals surface area (Å²) in [6.45, 7) is 0. The van der Waals surface area contributed by atoms with E-state index in [-0.39, 0.29) is 11.1 Å². The molecule has 0 fully saturated rings. The van der Waals surface area contributed by atoms with E-state index in [1.54, 1.807) is 14.2 Å². The number of methoxy groups -OCH3 is 4. The third-order valence-corrected chi connectivity index (χ3v) is 5.52. The molecule has 6 nitrogen and oxygen atoms in total. The summed E-state index contributed by atoms with van der Waals surface area (Å²) < 4.78 is 21.3. The van der Waals surface area contributed by atoms with Gasteiger partial charge in [-0.2, -0.15) is 0 Å². The minimum Gasteiger partial charge on any atom is -0.496 e. The molecule has 0 amide bonds. The number of esters is 2. The average molecular weight is 380 g/mol. The van der Waals surface area contributed by atoms with Gasteiger partial charge in [-0.25, -0.2) is 9.59 Å². The topological polar surface area (TPSA) is 71.1 Å². The third-order valence-electron chi connectivity index (χ3n) is 5.52. The highest BCUT2D eigenvalue weighted by molar-refractivity contribution is 6.06. The molecule has 5 rings (SSSR count). The molecule has 0 aliphatic heterocycles. The van der Waals surface area contributed by atoms with Crippen LogP contribution in [-0.4, -0.2) is 40.4 Å². The second-order valence-electron chi connectivity index (χ2n) is 6.60. The SMILES string of the molecule is COC(=O)C1=C(C(=O)OC)[C@@H]2c3cccc(OC)c3[C@H]1c1cccc(OC)c12. The molecule has 0 radical (unpaired) electrons. The molecule has 28 heavy (non-hydrogen) atoms. The first-order valence-corrected chi connectivity index (χ1v) is 8.83. The van der Waals surface area contributed by atoms with Gasteiger partial charge in [0.1, 0.15) is 11.5 Å². The highest BCUT2D eigenvalue weighted by atomic mass is 16.5. The van der Waals surface area contributed by atoms with Gasteiger partial charge < -0.3 is 18.9 Å². The highest BCUT2D eigenvalue weighted by Crippen LogP contribution is 2.59. The van der Waals surface area contributed by atoms with Gasteiger partial charge in [0.05, 0.1) is 39.6 Å². The van der Waals surface area contributed by atoms with Gasteiger partial charge in [0.25, 0.3) is 0 Å². The van der Waals surface area contributed by atoms with E-state index in [1.807, 2.05) is 36.4 Å². The van der Waals surface area contributed by atoms with E-state index < -0.39 is 23.8 Å². The Bertz CT molecular complexity index is 938. The summed E-state index contributed by atoms with van der Waals surface area (Å²) in [7, 11) is 5.80. The maximum absolute atomic E-state index is 12.8. The number of hydrogen-bond acceptors (Lipinski definition) is 6. The molecule has 2 atom stereocenters. The fourth-order valence-electron chi connectivity index (χ4n) is 4.50. The summed E-state index contributed by atoms with van der Waals surface area (Å²) in [4.78, 5) is 25.6. The predicted molar refractivity (Wildman–Crippen MR) is 101 cm³/mol. The minimum atomic E-state index is -0.555. The molecule has 0 saturated heterocycles. The Hall–Kier alpha value is -3.28. The molecule has 3 aliphatic rings. The Morgan fingerprint density at radius 1 is 0.679 bits per heavy atom. The molecule has 0 aromatic heterocycles. The van der Waals surface area contributed by atoms with Crippen molar-refractivity contribution in [1.29, 1.82) is 0 Å². The Labute approximate surface area is 162 Å². The number of carbonyl (C=O) groups is 2. The number of carbonyl (C=O) groups excluding carboxylic acids is 2. The Morgan fingerprint density at radius 3 is 1.39 bits per heavy atom. The third kappa shape index (κ3) is 2.27. The van der Waals surface area contributed by atoms with Crippen LogP contribution in [-0.2, 0) is 19.1 Å². The van der Waals surface area contributed by atoms with E-state index in [2.05, 4.69) is 0 Å². The zero-order valence-corrected chi connectivity index (χ0v) is 16.1. The fraction of sp³-hybridized carbons (Fsp3) is 0.273. The van der Waals surface area contributed by atoms with Crippen LogP contribution < -0.4 is 9.47 Å². The molecular weight excluding hydrogens is 360 g/mol. The van der Waals surface area contributed by atoms with Gasteiger partial charge >= 0.3 is 11.9 Å². The summed E-state index contributed by atoms with van der Waals surface area (Å²) in [5, 5.41) is 0. The van der Waals surface area contributed by atoms with Crippen molar-refractivity contribution in [2.75, 3.05) is 28.4 Å². The van der Waals surface area contributed by atoms with Crippen LogP contribution in [0.3, 0.4) is 0 Å². The van der Waals surface area contributed by atoms with Crippen LogP contribution >= 0.6 is 0 Å². The van der Waals surface area contributed by atoms with Gasteiger partial charge in [0, 0.05) is 23.0 Å². The van der Waals surface area contributed by atoms with E-state index in [4.69, 9.17) is 18.9 Å². The van der Waals surface area contributed by atoms with Crippen molar-refractivity contribution in [3.63, 3.8) is 0 Å². The zero-order chi connectivity index (χ0) is 20.0. The summed E-state index contributed by atoms with van der Waals surface area (Å²) in [6.07, 6.45) is 0. The van der Waals surface area contributed by atoms with Crippen LogP contribution in [0.5, 0.6) is 11.5 Å². The molecule has 0 heterocycles. The second kappa shape index (κ2) is 6.71. The largest absolute Gasteiger partial charge is 0.496 e. The fourth-order valence-corrected chi connectivity index (χ4v) is 4.50. The van der Waals surface area contributed by atoms with Crippen molar-refractivity contribution in [2.45, 2.75) is 11.8 Å². The van der Waals surface area contributed by atoms with Crippen LogP contribution in [0.4, 0.5) is 0 Å². The first-order valence-electron chi connectivity index (χ1n) is 8.83. The van der Waals surface area contributed by atoms with Crippen LogP contribution in [0.25, 0.3) is 0 Å². The second-order valence-corrected chi connectivity index (χ2v) is 6.60. The first kappa shape index (κ1) is 18.1. The maximum atomic E-state index is 12.8. The van der Waals surface area contributed by atoms with Crippen molar-refractivity contribution < 1.29 is 28.5 Å². The quantitative estimate of drug-likeness (QED) is 0.760. The van der Waals surface area contributed by atoms with Crippen LogP contribution in [0.15, 0.2) is 47.5 Å². The van der Waals surface area contributed by atoms with E-state index >= 15 is 0 Å². The number of ether oxygens (including phenoxy) is 4. The summed E-state index contributed by atoms with van der Waals surface area (Å²) in [5.41, 5.74) is 4.10. The molecule has 0 saturated carbocycles. The monoisotopic (exact) mass is 380 g/mol. The van der Waals surface area contributed by atoms with Crippen LogP contribution in [0.2, 0.25) is 0 Å². The number of rotatable bonds is 4. The Morgan fingerprint density at radius 2 is 1.07 bits per heavy atom. The minimum absolute atomic E-state index is 0.289. The first-order chi connectivity index (χ1) is 13.6. The molecule has 0 unspecified atom stereocenters. The summed E-state index contributed by atoms with van der Waals surface area (Å²) in [6, 6.07) is 11.3. The lowest BCUT2D eigenvalue weighted by Gasteiger charge is -2.42. The maximum Gasteiger partial charge on any atom is 0.335 e. The van der Waals surface area contributed by atoms with Gasteiger partial charge in [-0.3, -0.25) is 0 Å². The van der Waals surface area contributed by atoms with Crippen molar-refractivity contribution in [3.05, 3.63) is 69.8 Å². The Kier molecular flexibility index (Phi) is 4.34. The van der Waals surface area contributed by atoms with E-state index in [0.29, 0.717) is 11.5 Å². The molecule has 0 spiro atoms. The van der Waals surface area contributed by atoms with Crippen molar-refractivity contribution in [3.8, 4) is 11.5 Å². The molecule has 144 valence electrons. The smallest absolute Gasteiger partial charge is 0.335 e. The van der Waals surface area contributed by atoms with Crippen LogP contribution in [0.1, 0.15) is 34.1 Å². The molecule has 0 N–H and O–H groups in total. The van der Waals surface area contributed by atoms with E-state index in [0.717, 1.165) is 22.3 Å². The lowest BCUT2D eigenvalue weighted by molar-refractivity contribution is -0.140. The summed E-state index contributed by atoms with van der Waals surface area (Å²) in [5.74, 6) is -0.816. The van der Waals surface area contributed by atoms with Gasteiger partial charge in [-0.15, -0.1) is 0 Å². The van der Waals surface area contributed by atoms with Gasteiger partial charge in [-0.1, -0.05) is 24.3 Å². The van der Waals surface area contributed by atoms with Crippen molar-refractivity contribution >= 4 is 11.9 Å². The Balaban J connectivity index is 2.14. The van der Waals surface area contributed by atoms with Gasteiger partial charge in [-0.05, 0) is 23.3 Å². The van der Waals surface area contributed by atoms with Gasteiger partial charge in [0.15, 0.2) is 0 Å². The molecule has 2 bridgehead atoms. The zero-order valence-electron chi connectivity index (χ0n) is 16.1. The number of hydrogen-bond donors (Lipinski definition) is 0. The molecule has 2 aromatic carbocycles. The molecule has 2 aromatic rings. The number of benzene rings is 2. The normalized spacial score (nSPS) is 18.9. The van der Waals surface area contributed by atoms with E-state index in [1.165, 1.54) is 14.2 Å².